The van der Waals surface area contributed by atoms with Crippen LogP contribution in [0.1, 0.15) is 79.6 Å². The van der Waals surface area contributed by atoms with E-state index in [0.717, 1.165) is 0 Å². The van der Waals surface area contributed by atoms with Crippen molar-refractivity contribution in [1.29, 1.82) is 0 Å². The molecule has 10 nitrogen and oxygen atoms in total. The third-order valence-electron chi connectivity index (χ3n) is 10.3. The highest BCUT2D eigenvalue weighted by Crippen LogP contribution is 2.65. The van der Waals surface area contributed by atoms with Crippen molar-refractivity contribution in [3.63, 3.8) is 0 Å². The molecule has 1 saturated carbocycles. The summed E-state index contributed by atoms with van der Waals surface area (Å²) in [5, 5.41) is 23.7. The lowest BCUT2D eigenvalue weighted by molar-refractivity contribution is -0.245. The Hall–Kier alpha value is -2.40. The Morgan fingerprint density at radius 2 is 1.82 bits per heavy atom. The molecule has 0 aromatic rings. The zero-order chi connectivity index (χ0) is 28.4. The standard InChI is InChI=1S/C29H36O10/c1-15(10-17-11-16(2)22(32)36-17)21(31)25(5)8-9-26-14-27-18(24(3,4)37-19(27)12-20(30)38-27)6-7-28(26,34)23(33)29(35,13-25)39-26/h10-11,15,18-19,34-35H,6-9,12-14H2,1-5H3/b17-10+/t15-,18+,19-,25+,26+,27-,28-,29+/m1/s1. The molecule has 5 fully saturated rings. The fourth-order valence-electron chi connectivity index (χ4n) is 8.50. The molecule has 1 aliphatic carbocycles. The summed E-state index contributed by atoms with van der Waals surface area (Å²) in [7, 11) is 0. The largest absolute Gasteiger partial charge is 0.456 e. The molecule has 212 valence electrons. The van der Waals surface area contributed by atoms with Crippen molar-refractivity contribution in [2.24, 2.45) is 17.3 Å². The molecule has 0 amide bonds. The summed E-state index contributed by atoms with van der Waals surface area (Å²) in [6.07, 6.45) is 2.94. The van der Waals surface area contributed by atoms with Gasteiger partial charge in [-0.15, -0.1) is 0 Å². The van der Waals surface area contributed by atoms with Gasteiger partial charge in [0.05, 0.1) is 12.0 Å². The van der Waals surface area contributed by atoms with Crippen molar-refractivity contribution < 1.29 is 48.3 Å². The van der Waals surface area contributed by atoms with Gasteiger partial charge >= 0.3 is 11.9 Å². The first kappa shape index (κ1) is 26.8. The second-order valence-electron chi connectivity index (χ2n) is 13.4. The van der Waals surface area contributed by atoms with Gasteiger partial charge in [-0.05, 0) is 58.6 Å². The predicted molar refractivity (Wildman–Crippen MR) is 133 cm³/mol. The minimum Gasteiger partial charge on any atom is -0.456 e. The summed E-state index contributed by atoms with van der Waals surface area (Å²) >= 11 is 0. The Morgan fingerprint density at radius 3 is 2.49 bits per heavy atom. The first-order valence-corrected chi connectivity index (χ1v) is 13.8. The molecule has 6 aliphatic rings. The van der Waals surface area contributed by atoms with Crippen LogP contribution in [0.5, 0.6) is 0 Å². The number of cyclic esters (lactones) is 1. The summed E-state index contributed by atoms with van der Waals surface area (Å²) in [4.78, 5) is 52.0. The maximum atomic E-state index is 13.9. The minimum absolute atomic E-state index is 0.0149. The molecular weight excluding hydrogens is 508 g/mol. The minimum atomic E-state index is -2.39. The lowest BCUT2D eigenvalue weighted by Crippen LogP contribution is -2.59. The molecule has 39 heavy (non-hydrogen) atoms. The molecule has 10 heteroatoms. The zero-order valence-corrected chi connectivity index (χ0v) is 23.0. The summed E-state index contributed by atoms with van der Waals surface area (Å²) in [6, 6.07) is 0. The molecule has 8 atom stereocenters. The number of carbonyl (C=O) groups is 4. The van der Waals surface area contributed by atoms with Crippen molar-refractivity contribution in [1.82, 2.24) is 0 Å². The van der Waals surface area contributed by atoms with Crippen molar-refractivity contribution >= 4 is 23.5 Å². The summed E-state index contributed by atoms with van der Waals surface area (Å²) in [6.45, 7) is 8.83. The van der Waals surface area contributed by atoms with Gasteiger partial charge in [0, 0.05) is 35.7 Å². The Balaban J connectivity index is 1.36. The smallest absolute Gasteiger partial charge is 0.339 e. The molecule has 0 aromatic carbocycles. The molecule has 6 rings (SSSR count). The van der Waals surface area contributed by atoms with Gasteiger partial charge in [0.25, 0.3) is 0 Å². The van der Waals surface area contributed by atoms with Crippen LogP contribution in [0.2, 0.25) is 0 Å². The van der Waals surface area contributed by atoms with E-state index in [1.165, 1.54) is 0 Å². The average molecular weight is 545 g/mol. The van der Waals surface area contributed by atoms with Gasteiger partial charge in [-0.3, -0.25) is 14.4 Å². The van der Waals surface area contributed by atoms with Crippen LogP contribution >= 0.6 is 0 Å². The van der Waals surface area contributed by atoms with Gasteiger partial charge in [-0.1, -0.05) is 13.8 Å². The van der Waals surface area contributed by atoms with Gasteiger partial charge in [0.15, 0.2) is 5.60 Å². The van der Waals surface area contributed by atoms with E-state index in [9.17, 15) is 29.4 Å². The van der Waals surface area contributed by atoms with Crippen LogP contribution in [-0.2, 0) is 38.1 Å². The Kier molecular flexibility index (Phi) is 5.41. The fourth-order valence-corrected chi connectivity index (χ4v) is 8.50. The number of ether oxygens (including phenoxy) is 4. The van der Waals surface area contributed by atoms with Crippen molar-refractivity contribution in [2.75, 3.05) is 0 Å². The summed E-state index contributed by atoms with van der Waals surface area (Å²) in [5.74, 6) is -5.06. The zero-order valence-electron chi connectivity index (χ0n) is 23.0. The van der Waals surface area contributed by atoms with Crippen LogP contribution < -0.4 is 0 Å². The van der Waals surface area contributed by atoms with E-state index >= 15 is 0 Å². The Labute approximate surface area is 226 Å². The summed E-state index contributed by atoms with van der Waals surface area (Å²) in [5.41, 5.74) is -6.11. The van der Waals surface area contributed by atoms with E-state index in [0.29, 0.717) is 12.0 Å². The Morgan fingerprint density at radius 1 is 1.10 bits per heavy atom. The Bertz CT molecular complexity index is 1260. The normalized spacial score (nSPS) is 47.9. The molecule has 5 heterocycles. The number of carbonyl (C=O) groups excluding carboxylic acids is 4. The van der Waals surface area contributed by atoms with Gasteiger partial charge in [0.2, 0.25) is 11.6 Å². The van der Waals surface area contributed by atoms with Crippen molar-refractivity contribution in [2.45, 2.75) is 114 Å². The molecule has 0 aromatic heterocycles. The number of hydrogen-bond donors (Lipinski definition) is 2. The number of aliphatic hydroxyl groups is 2. The van der Waals surface area contributed by atoms with Crippen molar-refractivity contribution in [3.8, 4) is 0 Å². The first-order chi connectivity index (χ1) is 18.0. The quantitative estimate of drug-likeness (QED) is 0.507. The SMILES string of the molecule is CC1=C/C(=C\[C@@H](C)C(=O)[C@@]2(C)CC[C@]34C[C@]56OC(=O)C[C@H]5OC(C)(C)[C@@H]6CC[C@@]3(O)C(=O)[C@](O)(C2)O4)OC1=O. The van der Waals surface area contributed by atoms with Crippen LogP contribution in [0.25, 0.3) is 0 Å². The molecule has 2 bridgehead atoms. The molecule has 0 radical (unpaired) electrons. The number of ketones is 2. The van der Waals surface area contributed by atoms with E-state index < -0.39 is 63.4 Å². The van der Waals surface area contributed by atoms with E-state index in [2.05, 4.69) is 0 Å². The maximum Gasteiger partial charge on any atom is 0.339 e. The van der Waals surface area contributed by atoms with Crippen LogP contribution in [0, 0.1) is 17.3 Å². The topological polar surface area (TPSA) is 146 Å². The monoisotopic (exact) mass is 544 g/mol. The van der Waals surface area contributed by atoms with Crippen LogP contribution in [0.3, 0.4) is 0 Å². The van der Waals surface area contributed by atoms with Gasteiger partial charge in [0.1, 0.15) is 28.8 Å². The number of esters is 2. The lowest BCUT2D eigenvalue weighted by Gasteiger charge is -2.43. The third kappa shape index (κ3) is 3.47. The maximum absolute atomic E-state index is 13.9. The van der Waals surface area contributed by atoms with E-state index in [1.807, 2.05) is 13.8 Å². The highest BCUT2D eigenvalue weighted by atomic mass is 16.7. The van der Waals surface area contributed by atoms with Gasteiger partial charge in [-0.25, -0.2) is 4.79 Å². The number of fused-ring (bicyclic) bond motifs is 1. The van der Waals surface area contributed by atoms with Crippen molar-refractivity contribution in [3.05, 3.63) is 23.5 Å². The van der Waals surface area contributed by atoms with E-state index in [1.54, 1.807) is 32.9 Å². The van der Waals surface area contributed by atoms with E-state index in [-0.39, 0.29) is 56.0 Å². The number of rotatable bonds is 3. The third-order valence-corrected chi connectivity index (χ3v) is 10.3. The fraction of sp³-hybridized carbons (Fsp3) is 0.724. The molecule has 4 saturated heterocycles. The highest BCUT2D eigenvalue weighted by molar-refractivity contribution is 5.99. The second-order valence-corrected chi connectivity index (χ2v) is 13.4. The number of Topliss-reactive ketones (excluding diaryl/α,β-unsaturated/α-hetero) is 2. The average Bonchev–Trinajstić information content (AvgIpc) is 3.35. The summed E-state index contributed by atoms with van der Waals surface area (Å²) < 4.78 is 23.7. The first-order valence-electron chi connectivity index (χ1n) is 13.8. The van der Waals surface area contributed by atoms with Crippen LogP contribution in [0.4, 0.5) is 0 Å². The molecule has 5 aliphatic heterocycles. The molecule has 2 spiro atoms. The lowest BCUT2D eigenvalue weighted by atomic mass is 9.63. The number of allylic oxidation sites excluding steroid dienone is 2. The van der Waals surface area contributed by atoms with Crippen LogP contribution in [0.15, 0.2) is 23.5 Å². The van der Waals surface area contributed by atoms with E-state index in [4.69, 9.17) is 18.9 Å². The van der Waals surface area contributed by atoms with Gasteiger partial charge < -0.3 is 29.2 Å². The second kappa shape index (κ2) is 7.87. The number of hydrogen-bond acceptors (Lipinski definition) is 10. The molecular formula is C29H36O10. The highest BCUT2D eigenvalue weighted by Gasteiger charge is 2.79. The molecule has 2 N–H and O–H groups in total. The van der Waals surface area contributed by atoms with Crippen LogP contribution in [-0.4, -0.2) is 68.0 Å². The van der Waals surface area contributed by atoms with Gasteiger partial charge in [-0.2, -0.15) is 0 Å². The predicted octanol–water partition coefficient (Wildman–Crippen LogP) is 2.19. The molecule has 0 unspecified atom stereocenters.